The Morgan fingerprint density at radius 3 is 2.59 bits per heavy atom. The SMILES string of the molecule is COc1cc(C(N)=O)cc(NC(=O)Cc2cccs2)c1OC. The van der Waals surface area contributed by atoms with Gasteiger partial charge in [0.05, 0.1) is 26.3 Å². The first kappa shape index (κ1) is 15.8. The zero-order valence-corrected chi connectivity index (χ0v) is 13.0. The van der Waals surface area contributed by atoms with E-state index in [1.165, 1.54) is 37.7 Å². The number of ether oxygens (including phenoxy) is 2. The zero-order chi connectivity index (χ0) is 16.1. The van der Waals surface area contributed by atoms with Crippen molar-refractivity contribution in [3.05, 3.63) is 40.1 Å². The van der Waals surface area contributed by atoms with Crippen LogP contribution in [0.25, 0.3) is 0 Å². The van der Waals surface area contributed by atoms with Crippen molar-refractivity contribution in [2.45, 2.75) is 6.42 Å². The van der Waals surface area contributed by atoms with E-state index in [1.807, 2.05) is 17.5 Å². The van der Waals surface area contributed by atoms with Crippen LogP contribution in [-0.2, 0) is 11.2 Å². The highest BCUT2D eigenvalue weighted by molar-refractivity contribution is 7.10. The van der Waals surface area contributed by atoms with Crippen molar-refractivity contribution in [1.82, 2.24) is 0 Å². The molecule has 0 aliphatic heterocycles. The first-order chi connectivity index (χ1) is 10.5. The van der Waals surface area contributed by atoms with Crippen molar-refractivity contribution in [3.8, 4) is 11.5 Å². The number of hydrogen-bond donors (Lipinski definition) is 2. The van der Waals surface area contributed by atoms with Gasteiger partial charge in [0, 0.05) is 10.4 Å². The van der Waals surface area contributed by atoms with E-state index in [-0.39, 0.29) is 17.9 Å². The van der Waals surface area contributed by atoms with Gasteiger partial charge in [-0.25, -0.2) is 0 Å². The van der Waals surface area contributed by atoms with Crippen molar-refractivity contribution in [2.75, 3.05) is 19.5 Å². The maximum Gasteiger partial charge on any atom is 0.248 e. The highest BCUT2D eigenvalue weighted by Crippen LogP contribution is 2.36. The van der Waals surface area contributed by atoms with E-state index in [0.29, 0.717) is 17.2 Å². The van der Waals surface area contributed by atoms with E-state index in [2.05, 4.69) is 5.32 Å². The van der Waals surface area contributed by atoms with Crippen molar-refractivity contribution in [1.29, 1.82) is 0 Å². The second-order valence-corrected chi connectivity index (χ2v) is 5.46. The number of nitrogens with two attached hydrogens (primary N) is 1. The lowest BCUT2D eigenvalue weighted by atomic mass is 10.1. The number of nitrogens with one attached hydrogen (secondary N) is 1. The summed E-state index contributed by atoms with van der Waals surface area (Å²) in [7, 11) is 2.90. The number of methoxy groups -OCH3 is 2. The fourth-order valence-corrected chi connectivity index (χ4v) is 2.67. The molecule has 0 spiro atoms. The summed E-state index contributed by atoms with van der Waals surface area (Å²) in [4.78, 5) is 24.4. The average Bonchev–Trinajstić information content (AvgIpc) is 2.98. The number of thiophene rings is 1. The summed E-state index contributed by atoms with van der Waals surface area (Å²) >= 11 is 1.50. The Morgan fingerprint density at radius 1 is 1.27 bits per heavy atom. The molecule has 0 aliphatic carbocycles. The van der Waals surface area contributed by atoms with E-state index < -0.39 is 5.91 Å². The first-order valence-electron chi connectivity index (χ1n) is 6.43. The third kappa shape index (κ3) is 3.56. The number of rotatable bonds is 6. The van der Waals surface area contributed by atoms with Crippen molar-refractivity contribution < 1.29 is 19.1 Å². The number of benzene rings is 1. The molecule has 1 aromatic carbocycles. The van der Waals surface area contributed by atoms with Gasteiger partial charge in [0.25, 0.3) is 0 Å². The van der Waals surface area contributed by atoms with Gasteiger partial charge in [-0.3, -0.25) is 9.59 Å². The van der Waals surface area contributed by atoms with Gasteiger partial charge in [0.15, 0.2) is 11.5 Å². The van der Waals surface area contributed by atoms with Crippen LogP contribution >= 0.6 is 11.3 Å². The van der Waals surface area contributed by atoms with E-state index in [9.17, 15) is 9.59 Å². The van der Waals surface area contributed by atoms with E-state index in [0.717, 1.165) is 4.88 Å². The van der Waals surface area contributed by atoms with Gasteiger partial charge in [-0.15, -0.1) is 11.3 Å². The van der Waals surface area contributed by atoms with Gasteiger partial charge in [-0.1, -0.05) is 6.07 Å². The van der Waals surface area contributed by atoms with Crippen molar-refractivity contribution in [2.24, 2.45) is 5.73 Å². The highest BCUT2D eigenvalue weighted by atomic mass is 32.1. The van der Waals surface area contributed by atoms with Crippen LogP contribution in [0.5, 0.6) is 11.5 Å². The quantitative estimate of drug-likeness (QED) is 0.852. The predicted molar refractivity (Wildman–Crippen MR) is 84.7 cm³/mol. The monoisotopic (exact) mass is 320 g/mol. The Labute approximate surface area is 131 Å². The Balaban J connectivity index is 2.29. The Bertz CT molecular complexity index is 683. The molecule has 0 saturated heterocycles. The minimum absolute atomic E-state index is 0.218. The summed E-state index contributed by atoms with van der Waals surface area (Å²) in [6.45, 7) is 0. The normalized spacial score (nSPS) is 10.1. The zero-order valence-electron chi connectivity index (χ0n) is 12.2. The molecule has 7 heteroatoms. The number of anilines is 1. The van der Waals surface area contributed by atoms with Gasteiger partial charge in [0.1, 0.15) is 0 Å². The average molecular weight is 320 g/mol. The molecule has 6 nitrogen and oxygen atoms in total. The molecule has 0 bridgehead atoms. The number of hydrogen-bond acceptors (Lipinski definition) is 5. The maximum atomic E-state index is 12.1. The number of carbonyl (C=O) groups is 2. The highest BCUT2D eigenvalue weighted by Gasteiger charge is 2.17. The van der Waals surface area contributed by atoms with E-state index in [4.69, 9.17) is 15.2 Å². The topological polar surface area (TPSA) is 90.6 Å². The van der Waals surface area contributed by atoms with Crippen molar-refractivity contribution in [3.63, 3.8) is 0 Å². The molecule has 116 valence electrons. The molecular formula is C15H16N2O4S. The molecule has 0 saturated carbocycles. The molecular weight excluding hydrogens is 304 g/mol. The summed E-state index contributed by atoms with van der Waals surface area (Å²) in [6, 6.07) is 6.69. The Kier molecular flexibility index (Phi) is 5.00. The lowest BCUT2D eigenvalue weighted by Crippen LogP contribution is -2.17. The largest absolute Gasteiger partial charge is 0.493 e. The van der Waals surface area contributed by atoms with Crippen LogP contribution in [0.3, 0.4) is 0 Å². The molecule has 0 fully saturated rings. The minimum Gasteiger partial charge on any atom is -0.493 e. The lowest BCUT2D eigenvalue weighted by Gasteiger charge is -2.15. The van der Waals surface area contributed by atoms with Gasteiger partial charge < -0.3 is 20.5 Å². The first-order valence-corrected chi connectivity index (χ1v) is 7.31. The van der Waals surface area contributed by atoms with Crippen LogP contribution in [0.1, 0.15) is 15.2 Å². The molecule has 1 aromatic heterocycles. The summed E-state index contributed by atoms with van der Waals surface area (Å²) in [5.41, 5.74) is 5.86. The van der Waals surface area contributed by atoms with Crippen LogP contribution in [0.15, 0.2) is 29.6 Å². The molecule has 0 unspecified atom stereocenters. The third-order valence-electron chi connectivity index (χ3n) is 2.95. The van der Waals surface area contributed by atoms with E-state index >= 15 is 0 Å². The molecule has 2 rings (SSSR count). The molecule has 22 heavy (non-hydrogen) atoms. The molecule has 2 amide bonds. The number of primary amides is 1. The standard InChI is InChI=1S/C15H16N2O4S/c1-20-12-7-9(15(16)19)6-11(14(12)21-2)17-13(18)8-10-4-3-5-22-10/h3-7H,8H2,1-2H3,(H2,16,19)(H,17,18). The third-order valence-corrected chi connectivity index (χ3v) is 3.83. The van der Waals surface area contributed by atoms with Crippen LogP contribution < -0.4 is 20.5 Å². The lowest BCUT2D eigenvalue weighted by molar-refractivity contribution is -0.115. The molecule has 0 radical (unpaired) electrons. The van der Waals surface area contributed by atoms with Gasteiger partial charge in [-0.05, 0) is 23.6 Å². The Hall–Kier alpha value is -2.54. The smallest absolute Gasteiger partial charge is 0.248 e. The maximum absolute atomic E-state index is 12.1. The second kappa shape index (κ2) is 6.95. The van der Waals surface area contributed by atoms with Gasteiger partial charge in [0.2, 0.25) is 11.8 Å². The number of carbonyl (C=O) groups excluding carboxylic acids is 2. The fourth-order valence-electron chi connectivity index (χ4n) is 1.97. The van der Waals surface area contributed by atoms with E-state index in [1.54, 1.807) is 0 Å². The minimum atomic E-state index is -0.616. The summed E-state index contributed by atoms with van der Waals surface area (Å²) < 4.78 is 10.4. The van der Waals surface area contributed by atoms with Gasteiger partial charge >= 0.3 is 0 Å². The van der Waals surface area contributed by atoms with Crippen LogP contribution in [0.4, 0.5) is 5.69 Å². The van der Waals surface area contributed by atoms with Gasteiger partial charge in [-0.2, -0.15) is 0 Å². The Morgan fingerprint density at radius 2 is 2.05 bits per heavy atom. The summed E-state index contributed by atoms with van der Waals surface area (Å²) in [5.74, 6) is -0.170. The number of amides is 2. The molecule has 0 atom stereocenters. The van der Waals surface area contributed by atoms with Crippen molar-refractivity contribution >= 4 is 28.8 Å². The predicted octanol–water partition coefficient (Wildman–Crippen LogP) is 2.05. The fraction of sp³-hybridized carbons (Fsp3) is 0.200. The molecule has 2 aromatic rings. The molecule has 1 heterocycles. The summed E-state index contributed by atoms with van der Waals surface area (Å²) in [5, 5.41) is 4.63. The van der Waals surface area contributed by atoms with Crippen LogP contribution in [-0.4, -0.2) is 26.0 Å². The molecule has 3 N–H and O–H groups in total. The van der Waals surface area contributed by atoms with Crippen LogP contribution in [0.2, 0.25) is 0 Å². The van der Waals surface area contributed by atoms with Crippen LogP contribution in [0, 0.1) is 0 Å². The summed E-state index contributed by atoms with van der Waals surface area (Å²) in [6.07, 6.45) is 0.240. The second-order valence-electron chi connectivity index (χ2n) is 4.43. The molecule has 0 aliphatic rings.